The number of nitrogens with zero attached hydrogens (tertiary/aromatic N) is 2. The monoisotopic (exact) mass is 331 g/mol. The largest absolute Gasteiger partial charge is 0.376 e. The van der Waals surface area contributed by atoms with Gasteiger partial charge in [0.05, 0.1) is 24.9 Å². The van der Waals surface area contributed by atoms with Crippen LogP contribution >= 0.6 is 11.3 Å². The van der Waals surface area contributed by atoms with E-state index in [9.17, 15) is 4.79 Å². The summed E-state index contributed by atoms with van der Waals surface area (Å²) < 4.78 is 5.68. The number of thiophene rings is 1. The summed E-state index contributed by atoms with van der Waals surface area (Å²) in [5.41, 5.74) is 0.856. The van der Waals surface area contributed by atoms with E-state index in [-0.39, 0.29) is 12.1 Å². The molecule has 1 atom stereocenters. The standard InChI is InChI=1S/C17H21N3O2S/c21-17(19-11-14-5-1-2-8-18-14)20(12-15-6-3-9-22-15)13-16-7-4-10-23-16/h1-2,4-5,7-8,10,15H,3,6,9,11-13H2,(H,19,21). The molecule has 0 spiro atoms. The third kappa shape index (κ3) is 4.77. The maximum atomic E-state index is 12.6. The first-order chi connectivity index (χ1) is 11.3. The lowest BCUT2D eigenvalue weighted by atomic mass is 10.2. The SMILES string of the molecule is O=C(NCc1ccccn1)N(Cc1cccs1)CC1CCCO1. The molecule has 23 heavy (non-hydrogen) atoms. The number of ether oxygens (including phenoxy) is 1. The Morgan fingerprint density at radius 3 is 3.04 bits per heavy atom. The van der Waals surface area contributed by atoms with Crippen molar-refractivity contribution in [1.29, 1.82) is 0 Å². The lowest BCUT2D eigenvalue weighted by Crippen LogP contribution is -2.43. The number of nitrogens with one attached hydrogen (secondary N) is 1. The lowest BCUT2D eigenvalue weighted by Gasteiger charge is -2.25. The maximum Gasteiger partial charge on any atom is 0.318 e. The Kier molecular flexibility index (Phi) is 5.60. The highest BCUT2D eigenvalue weighted by molar-refractivity contribution is 7.09. The molecular weight excluding hydrogens is 310 g/mol. The van der Waals surface area contributed by atoms with Crippen LogP contribution in [-0.4, -0.2) is 35.2 Å². The van der Waals surface area contributed by atoms with Gasteiger partial charge in [-0.1, -0.05) is 12.1 Å². The normalized spacial score (nSPS) is 17.1. The van der Waals surface area contributed by atoms with Crippen LogP contribution in [-0.2, 0) is 17.8 Å². The van der Waals surface area contributed by atoms with Gasteiger partial charge in [0, 0.05) is 24.2 Å². The van der Waals surface area contributed by atoms with Crippen molar-refractivity contribution >= 4 is 17.4 Å². The Morgan fingerprint density at radius 1 is 1.39 bits per heavy atom. The minimum Gasteiger partial charge on any atom is -0.376 e. The molecule has 0 bridgehead atoms. The maximum absolute atomic E-state index is 12.6. The van der Waals surface area contributed by atoms with Crippen molar-refractivity contribution in [3.8, 4) is 0 Å². The number of hydrogen-bond acceptors (Lipinski definition) is 4. The second-order valence-corrected chi connectivity index (χ2v) is 6.61. The van der Waals surface area contributed by atoms with E-state index in [1.807, 2.05) is 34.5 Å². The molecule has 3 heterocycles. The van der Waals surface area contributed by atoms with Gasteiger partial charge in [-0.3, -0.25) is 4.98 Å². The van der Waals surface area contributed by atoms with Crippen molar-refractivity contribution in [3.05, 3.63) is 52.5 Å². The summed E-state index contributed by atoms with van der Waals surface area (Å²) >= 11 is 1.67. The van der Waals surface area contributed by atoms with Crippen LogP contribution in [0.2, 0.25) is 0 Å². The van der Waals surface area contributed by atoms with Gasteiger partial charge in [0.15, 0.2) is 0 Å². The number of amides is 2. The molecule has 1 saturated heterocycles. The molecule has 122 valence electrons. The van der Waals surface area contributed by atoms with Gasteiger partial charge in [0.2, 0.25) is 0 Å². The zero-order chi connectivity index (χ0) is 15.9. The Bertz CT molecular complexity index is 598. The van der Waals surface area contributed by atoms with Crippen molar-refractivity contribution in [2.24, 2.45) is 0 Å². The lowest BCUT2D eigenvalue weighted by molar-refractivity contribution is 0.0796. The highest BCUT2D eigenvalue weighted by atomic mass is 32.1. The first-order valence-corrected chi connectivity index (χ1v) is 8.76. The molecule has 0 saturated carbocycles. The van der Waals surface area contributed by atoms with Crippen molar-refractivity contribution in [2.45, 2.75) is 32.0 Å². The van der Waals surface area contributed by atoms with Crippen molar-refractivity contribution in [3.63, 3.8) is 0 Å². The summed E-state index contributed by atoms with van der Waals surface area (Å²) in [7, 11) is 0. The summed E-state index contributed by atoms with van der Waals surface area (Å²) in [6.45, 7) is 2.48. The fourth-order valence-electron chi connectivity index (χ4n) is 2.62. The van der Waals surface area contributed by atoms with E-state index >= 15 is 0 Å². The molecule has 0 radical (unpaired) electrons. The van der Waals surface area contributed by atoms with Gasteiger partial charge in [0.25, 0.3) is 0 Å². The summed E-state index contributed by atoms with van der Waals surface area (Å²) in [5.74, 6) is 0. The van der Waals surface area contributed by atoms with E-state index < -0.39 is 0 Å². The number of carbonyl (C=O) groups excluding carboxylic acids is 1. The third-order valence-electron chi connectivity index (χ3n) is 3.81. The summed E-state index contributed by atoms with van der Waals surface area (Å²) in [5, 5.41) is 4.99. The van der Waals surface area contributed by atoms with Crippen molar-refractivity contribution in [1.82, 2.24) is 15.2 Å². The Labute approximate surface area is 140 Å². The van der Waals surface area contributed by atoms with Gasteiger partial charge >= 0.3 is 6.03 Å². The topological polar surface area (TPSA) is 54.5 Å². The van der Waals surface area contributed by atoms with Crippen LogP contribution < -0.4 is 5.32 Å². The van der Waals surface area contributed by atoms with Crippen molar-refractivity contribution in [2.75, 3.05) is 13.2 Å². The van der Waals surface area contributed by atoms with Crippen LogP contribution in [0.15, 0.2) is 41.9 Å². The third-order valence-corrected chi connectivity index (χ3v) is 4.67. The van der Waals surface area contributed by atoms with E-state index in [2.05, 4.69) is 16.4 Å². The fourth-order valence-corrected chi connectivity index (χ4v) is 3.34. The molecule has 1 N–H and O–H groups in total. The van der Waals surface area contributed by atoms with Crippen LogP contribution in [0.4, 0.5) is 4.79 Å². The minimum atomic E-state index is -0.0699. The molecule has 0 aromatic carbocycles. The Hall–Kier alpha value is -1.92. The fraction of sp³-hybridized carbons (Fsp3) is 0.412. The molecule has 5 nitrogen and oxygen atoms in total. The number of hydrogen-bond donors (Lipinski definition) is 1. The Morgan fingerprint density at radius 2 is 2.35 bits per heavy atom. The van der Waals surface area contributed by atoms with Gasteiger partial charge in [-0.15, -0.1) is 11.3 Å². The zero-order valence-electron chi connectivity index (χ0n) is 13.0. The second kappa shape index (κ2) is 8.08. The van der Waals surface area contributed by atoms with Crippen LogP contribution in [0.25, 0.3) is 0 Å². The van der Waals surface area contributed by atoms with Gasteiger partial charge in [-0.25, -0.2) is 4.79 Å². The van der Waals surface area contributed by atoms with Gasteiger partial charge in [-0.2, -0.15) is 0 Å². The molecule has 1 unspecified atom stereocenters. The zero-order valence-corrected chi connectivity index (χ0v) is 13.8. The molecule has 0 aliphatic carbocycles. The molecule has 2 aromatic heterocycles. The van der Waals surface area contributed by atoms with Crippen LogP contribution in [0, 0.1) is 0 Å². The summed E-state index contributed by atoms with van der Waals surface area (Å²) in [4.78, 5) is 19.8. The number of rotatable bonds is 6. The average molecular weight is 331 g/mol. The van der Waals surface area contributed by atoms with Crippen LogP contribution in [0.3, 0.4) is 0 Å². The smallest absolute Gasteiger partial charge is 0.318 e. The van der Waals surface area contributed by atoms with E-state index in [1.54, 1.807) is 17.5 Å². The summed E-state index contributed by atoms with van der Waals surface area (Å²) in [6, 6.07) is 9.69. The Balaban J connectivity index is 1.59. The quantitative estimate of drug-likeness (QED) is 0.885. The van der Waals surface area contributed by atoms with E-state index in [0.29, 0.717) is 19.6 Å². The molecule has 6 heteroatoms. The number of pyridine rings is 1. The van der Waals surface area contributed by atoms with E-state index in [0.717, 1.165) is 25.1 Å². The van der Waals surface area contributed by atoms with Crippen LogP contribution in [0.5, 0.6) is 0 Å². The van der Waals surface area contributed by atoms with Gasteiger partial charge in [-0.05, 0) is 36.4 Å². The summed E-state index contributed by atoms with van der Waals surface area (Å²) in [6.07, 6.45) is 3.98. The number of urea groups is 1. The number of aromatic nitrogens is 1. The van der Waals surface area contributed by atoms with Gasteiger partial charge < -0.3 is 15.0 Å². The predicted octanol–water partition coefficient (Wildman–Crippen LogP) is 3.03. The van der Waals surface area contributed by atoms with E-state index in [1.165, 1.54) is 4.88 Å². The molecule has 1 aliphatic rings. The predicted molar refractivity (Wildman–Crippen MR) is 90.2 cm³/mol. The molecule has 2 aromatic rings. The molecule has 1 fully saturated rings. The highest BCUT2D eigenvalue weighted by Gasteiger charge is 2.23. The molecule has 1 aliphatic heterocycles. The molecule has 2 amide bonds. The van der Waals surface area contributed by atoms with E-state index in [4.69, 9.17) is 4.74 Å². The van der Waals surface area contributed by atoms with Crippen molar-refractivity contribution < 1.29 is 9.53 Å². The second-order valence-electron chi connectivity index (χ2n) is 5.57. The first kappa shape index (κ1) is 16.0. The molecule has 3 rings (SSSR count). The first-order valence-electron chi connectivity index (χ1n) is 7.88. The number of carbonyl (C=O) groups is 1. The van der Waals surface area contributed by atoms with Gasteiger partial charge in [0.1, 0.15) is 0 Å². The minimum absolute atomic E-state index is 0.0699. The molecular formula is C17H21N3O2S. The van der Waals surface area contributed by atoms with Crippen LogP contribution in [0.1, 0.15) is 23.4 Å². The average Bonchev–Trinajstić information content (AvgIpc) is 3.27. The highest BCUT2D eigenvalue weighted by Crippen LogP contribution is 2.17.